The highest BCUT2D eigenvalue weighted by Gasteiger charge is 2.18. The number of fused-ring (bicyclic) bond motifs is 8. The van der Waals surface area contributed by atoms with Crippen LogP contribution in [0, 0.1) is 0 Å². The lowest BCUT2D eigenvalue weighted by Crippen LogP contribution is -1.97. The predicted octanol–water partition coefficient (Wildman–Crippen LogP) is 7.09. The first-order valence-electron chi connectivity index (χ1n) is 9.93. The number of hydrogen-bond donors (Lipinski definition) is 0. The predicted molar refractivity (Wildman–Crippen MR) is 127 cm³/mol. The molecule has 3 nitrogen and oxygen atoms in total. The molecular weight excluding hydrogens is 386 g/mol. The van der Waals surface area contributed by atoms with Crippen molar-refractivity contribution >= 4 is 64.2 Å². The van der Waals surface area contributed by atoms with E-state index in [1.807, 2.05) is 29.8 Å². The zero-order valence-corrected chi connectivity index (χ0v) is 16.7. The SMILES string of the molecule is c1ccc2cc(-n3c4ccccc4c4c5sc6ccccc6c5ncc43)ncc2c1. The second kappa shape index (κ2) is 5.88. The highest BCUT2D eigenvalue weighted by Crippen LogP contribution is 2.41. The molecule has 7 aromatic rings. The molecule has 0 unspecified atom stereocenters. The van der Waals surface area contributed by atoms with Crippen LogP contribution in [-0.2, 0) is 0 Å². The molecule has 0 fully saturated rings. The van der Waals surface area contributed by atoms with Crippen LogP contribution in [0.5, 0.6) is 0 Å². The van der Waals surface area contributed by atoms with Gasteiger partial charge >= 0.3 is 0 Å². The summed E-state index contributed by atoms with van der Waals surface area (Å²) in [7, 11) is 0. The van der Waals surface area contributed by atoms with Crippen LogP contribution >= 0.6 is 11.3 Å². The Hall–Kier alpha value is -3.76. The Balaban J connectivity index is 1.67. The minimum atomic E-state index is 0.919. The van der Waals surface area contributed by atoms with E-state index >= 15 is 0 Å². The lowest BCUT2D eigenvalue weighted by Gasteiger charge is -2.08. The monoisotopic (exact) mass is 401 g/mol. The average molecular weight is 401 g/mol. The maximum Gasteiger partial charge on any atom is 0.138 e. The highest BCUT2D eigenvalue weighted by atomic mass is 32.1. The van der Waals surface area contributed by atoms with Gasteiger partial charge in [0.2, 0.25) is 0 Å². The van der Waals surface area contributed by atoms with Crippen LogP contribution in [0.15, 0.2) is 91.3 Å². The average Bonchev–Trinajstić information content (AvgIpc) is 3.34. The Bertz CT molecular complexity index is 1760. The van der Waals surface area contributed by atoms with Crippen molar-refractivity contribution in [3.63, 3.8) is 0 Å². The molecule has 3 aromatic carbocycles. The van der Waals surface area contributed by atoms with E-state index in [4.69, 9.17) is 9.97 Å². The molecule has 7 rings (SSSR count). The normalized spacial score (nSPS) is 12.0. The van der Waals surface area contributed by atoms with Gasteiger partial charge in [-0.2, -0.15) is 0 Å². The van der Waals surface area contributed by atoms with Crippen LogP contribution in [0.25, 0.3) is 58.7 Å². The third-order valence-electron chi connectivity index (χ3n) is 5.87. The van der Waals surface area contributed by atoms with E-state index in [0.29, 0.717) is 0 Å². The fourth-order valence-electron chi connectivity index (χ4n) is 4.52. The lowest BCUT2D eigenvalue weighted by atomic mass is 10.1. The summed E-state index contributed by atoms with van der Waals surface area (Å²) in [6.45, 7) is 0. The molecule has 0 saturated heterocycles. The van der Waals surface area contributed by atoms with Crippen LogP contribution in [0.4, 0.5) is 0 Å². The Morgan fingerprint density at radius 3 is 2.37 bits per heavy atom. The van der Waals surface area contributed by atoms with Crippen molar-refractivity contribution in [2.75, 3.05) is 0 Å². The van der Waals surface area contributed by atoms with Crippen LogP contribution in [-0.4, -0.2) is 14.5 Å². The summed E-state index contributed by atoms with van der Waals surface area (Å²) in [5.74, 6) is 0.919. The van der Waals surface area contributed by atoms with Gasteiger partial charge in [0.05, 0.1) is 27.4 Å². The Morgan fingerprint density at radius 2 is 1.43 bits per heavy atom. The molecule has 0 N–H and O–H groups in total. The quantitative estimate of drug-likeness (QED) is 0.294. The van der Waals surface area contributed by atoms with E-state index in [1.165, 1.54) is 30.9 Å². The van der Waals surface area contributed by atoms with E-state index in [0.717, 1.165) is 27.8 Å². The number of rotatable bonds is 1. The van der Waals surface area contributed by atoms with Crippen molar-refractivity contribution in [1.82, 2.24) is 14.5 Å². The van der Waals surface area contributed by atoms with Crippen molar-refractivity contribution < 1.29 is 0 Å². The number of hydrogen-bond acceptors (Lipinski definition) is 3. The van der Waals surface area contributed by atoms with Crippen LogP contribution in [0.2, 0.25) is 0 Å². The second-order valence-electron chi connectivity index (χ2n) is 7.54. The Kier molecular flexibility index (Phi) is 3.15. The summed E-state index contributed by atoms with van der Waals surface area (Å²) in [4.78, 5) is 9.71. The third kappa shape index (κ3) is 2.09. The Labute approximate surface area is 175 Å². The minimum absolute atomic E-state index is 0.919. The molecule has 0 saturated carbocycles. The van der Waals surface area contributed by atoms with Crippen LogP contribution in [0.1, 0.15) is 0 Å². The molecule has 0 spiro atoms. The molecule has 0 aliphatic carbocycles. The van der Waals surface area contributed by atoms with Crippen molar-refractivity contribution in [3.8, 4) is 5.82 Å². The first-order valence-corrected chi connectivity index (χ1v) is 10.7. The third-order valence-corrected chi connectivity index (χ3v) is 7.05. The van der Waals surface area contributed by atoms with Gasteiger partial charge in [-0.3, -0.25) is 9.55 Å². The van der Waals surface area contributed by atoms with E-state index in [9.17, 15) is 0 Å². The van der Waals surface area contributed by atoms with Crippen molar-refractivity contribution in [1.29, 1.82) is 0 Å². The molecule has 4 aromatic heterocycles. The number of thiophene rings is 1. The van der Waals surface area contributed by atoms with E-state index in [-0.39, 0.29) is 0 Å². The maximum atomic E-state index is 4.90. The largest absolute Gasteiger partial charge is 0.292 e. The highest BCUT2D eigenvalue weighted by molar-refractivity contribution is 7.26. The standard InChI is InChI=1S/C26H15N3S/c1-2-8-17-14-27-23(13-16(17)7-1)29-20-11-5-3-9-18(20)24-21(29)15-28-25-19-10-4-6-12-22(19)30-26(24)25/h1-15H. The number of para-hydroxylation sites is 1. The first kappa shape index (κ1) is 16.1. The number of nitrogens with zero attached hydrogens (tertiary/aromatic N) is 3. The molecule has 0 bridgehead atoms. The van der Waals surface area contributed by atoms with Gasteiger partial charge in [0.25, 0.3) is 0 Å². The number of pyridine rings is 2. The zero-order chi connectivity index (χ0) is 19.7. The minimum Gasteiger partial charge on any atom is -0.292 e. The van der Waals surface area contributed by atoms with Crippen LogP contribution < -0.4 is 0 Å². The van der Waals surface area contributed by atoms with Gasteiger partial charge in [0, 0.05) is 32.4 Å². The van der Waals surface area contributed by atoms with E-state index in [2.05, 4.69) is 77.4 Å². The summed E-state index contributed by atoms with van der Waals surface area (Å²) < 4.78 is 4.76. The molecule has 140 valence electrons. The molecule has 0 atom stereocenters. The molecule has 0 aliphatic rings. The molecule has 4 heteroatoms. The van der Waals surface area contributed by atoms with Crippen LogP contribution in [0.3, 0.4) is 0 Å². The second-order valence-corrected chi connectivity index (χ2v) is 8.59. The molecule has 0 amide bonds. The van der Waals surface area contributed by atoms with Gasteiger partial charge in [0.1, 0.15) is 5.82 Å². The smallest absolute Gasteiger partial charge is 0.138 e. The van der Waals surface area contributed by atoms with Gasteiger partial charge < -0.3 is 0 Å². The van der Waals surface area contributed by atoms with E-state index < -0.39 is 0 Å². The van der Waals surface area contributed by atoms with Gasteiger partial charge in [-0.25, -0.2) is 4.98 Å². The summed E-state index contributed by atoms with van der Waals surface area (Å²) in [5.41, 5.74) is 3.33. The van der Waals surface area contributed by atoms with Crippen molar-refractivity contribution in [2.45, 2.75) is 0 Å². The number of benzene rings is 3. The Morgan fingerprint density at radius 1 is 0.667 bits per heavy atom. The summed E-state index contributed by atoms with van der Waals surface area (Å²) in [6.07, 6.45) is 3.96. The van der Waals surface area contributed by atoms with Crippen molar-refractivity contribution in [3.05, 3.63) is 91.3 Å². The summed E-state index contributed by atoms with van der Waals surface area (Å²) in [5, 5.41) is 6.05. The lowest BCUT2D eigenvalue weighted by molar-refractivity contribution is 1.09. The summed E-state index contributed by atoms with van der Waals surface area (Å²) in [6, 6.07) is 27.6. The van der Waals surface area contributed by atoms with Crippen molar-refractivity contribution in [2.24, 2.45) is 0 Å². The summed E-state index contributed by atoms with van der Waals surface area (Å²) >= 11 is 1.82. The van der Waals surface area contributed by atoms with Gasteiger partial charge in [-0.05, 0) is 23.6 Å². The van der Waals surface area contributed by atoms with Gasteiger partial charge in [-0.15, -0.1) is 11.3 Å². The molecule has 30 heavy (non-hydrogen) atoms. The fraction of sp³-hybridized carbons (Fsp3) is 0. The number of aromatic nitrogens is 3. The molecule has 0 radical (unpaired) electrons. The zero-order valence-electron chi connectivity index (χ0n) is 15.9. The topological polar surface area (TPSA) is 30.7 Å². The van der Waals surface area contributed by atoms with E-state index in [1.54, 1.807) is 0 Å². The maximum absolute atomic E-state index is 4.90. The molecule has 0 aliphatic heterocycles. The fourth-order valence-corrected chi connectivity index (χ4v) is 5.73. The van der Waals surface area contributed by atoms with Gasteiger partial charge in [0.15, 0.2) is 0 Å². The van der Waals surface area contributed by atoms with Gasteiger partial charge in [-0.1, -0.05) is 60.7 Å². The first-order chi connectivity index (χ1) is 14.9. The molecule has 4 heterocycles. The molecular formula is C26H15N3S.